The standard InChI is InChI=1S/C22H19N7O2/c1-22(2,3)31-21(30)29-18-7-5-14(12-15(18)13-26-29)4-6-16-8-10-24-19(27-16)17-9-11-25-20(23)28-17/h5,7-13H,1-3H3,(H2,23,25,28). The molecule has 0 amide bonds. The van der Waals surface area contributed by atoms with Gasteiger partial charge in [-0.1, -0.05) is 5.92 Å². The van der Waals surface area contributed by atoms with E-state index in [1.165, 1.54) is 4.68 Å². The summed E-state index contributed by atoms with van der Waals surface area (Å²) in [5.41, 5.74) is 7.47. The molecule has 4 aromatic rings. The number of ether oxygens (including phenoxy) is 1. The first-order chi connectivity index (χ1) is 14.8. The first-order valence-corrected chi connectivity index (χ1v) is 9.44. The van der Waals surface area contributed by atoms with Gasteiger partial charge in [0, 0.05) is 23.3 Å². The first kappa shape index (κ1) is 20.0. The highest BCUT2D eigenvalue weighted by Gasteiger charge is 2.20. The fraction of sp³-hybridized carbons (Fsp3) is 0.182. The molecule has 4 rings (SSSR count). The van der Waals surface area contributed by atoms with E-state index in [4.69, 9.17) is 10.5 Å². The lowest BCUT2D eigenvalue weighted by Gasteiger charge is -2.19. The summed E-state index contributed by atoms with van der Waals surface area (Å²) in [7, 11) is 0. The summed E-state index contributed by atoms with van der Waals surface area (Å²) in [4.78, 5) is 28.9. The average Bonchev–Trinajstić information content (AvgIpc) is 3.15. The van der Waals surface area contributed by atoms with Crippen molar-refractivity contribution in [1.82, 2.24) is 29.7 Å². The molecular formula is C22H19N7O2. The lowest BCUT2D eigenvalue weighted by atomic mass is 10.1. The van der Waals surface area contributed by atoms with Crippen LogP contribution in [0.4, 0.5) is 10.7 Å². The molecule has 0 unspecified atom stereocenters. The highest BCUT2D eigenvalue weighted by molar-refractivity contribution is 5.88. The van der Waals surface area contributed by atoms with Crippen molar-refractivity contribution < 1.29 is 9.53 Å². The van der Waals surface area contributed by atoms with Crippen LogP contribution >= 0.6 is 0 Å². The van der Waals surface area contributed by atoms with Crippen LogP contribution in [0, 0.1) is 11.8 Å². The van der Waals surface area contributed by atoms with Crippen LogP contribution < -0.4 is 5.73 Å². The lowest BCUT2D eigenvalue weighted by Crippen LogP contribution is -2.27. The second kappa shape index (κ2) is 7.84. The number of carbonyl (C=O) groups excluding carboxylic acids is 1. The van der Waals surface area contributed by atoms with E-state index >= 15 is 0 Å². The summed E-state index contributed by atoms with van der Waals surface area (Å²) in [6.45, 7) is 5.42. The van der Waals surface area contributed by atoms with Crippen molar-refractivity contribution in [2.24, 2.45) is 0 Å². The minimum absolute atomic E-state index is 0.151. The fourth-order valence-corrected chi connectivity index (χ4v) is 2.75. The molecule has 0 bridgehead atoms. The number of fused-ring (bicyclic) bond motifs is 1. The number of nitrogen functional groups attached to an aromatic ring is 1. The van der Waals surface area contributed by atoms with E-state index < -0.39 is 11.7 Å². The van der Waals surface area contributed by atoms with E-state index in [-0.39, 0.29) is 5.95 Å². The molecule has 0 aliphatic carbocycles. The molecule has 2 N–H and O–H groups in total. The molecule has 31 heavy (non-hydrogen) atoms. The normalized spacial score (nSPS) is 11.1. The molecule has 154 valence electrons. The Balaban J connectivity index is 1.59. The number of hydrogen-bond acceptors (Lipinski definition) is 8. The van der Waals surface area contributed by atoms with E-state index in [9.17, 15) is 4.79 Å². The fourth-order valence-electron chi connectivity index (χ4n) is 2.75. The highest BCUT2D eigenvalue weighted by atomic mass is 16.6. The largest absolute Gasteiger partial charge is 0.442 e. The summed E-state index contributed by atoms with van der Waals surface area (Å²) >= 11 is 0. The molecule has 0 spiro atoms. The molecule has 3 heterocycles. The van der Waals surface area contributed by atoms with Crippen molar-refractivity contribution in [3.63, 3.8) is 0 Å². The van der Waals surface area contributed by atoms with Gasteiger partial charge in [-0.25, -0.2) is 24.7 Å². The molecule has 9 nitrogen and oxygen atoms in total. The first-order valence-electron chi connectivity index (χ1n) is 9.44. The third-order valence-corrected chi connectivity index (χ3v) is 4.03. The number of nitrogens with zero attached hydrogens (tertiary/aromatic N) is 6. The molecule has 3 aromatic heterocycles. The third kappa shape index (κ3) is 4.64. The molecule has 9 heteroatoms. The van der Waals surface area contributed by atoms with E-state index in [2.05, 4.69) is 36.9 Å². The molecule has 0 saturated carbocycles. The zero-order chi connectivity index (χ0) is 22.0. The number of benzene rings is 1. The topological polar surface area (TPSA) is 122 Å². The quantitative estimate of drug-likeness (QED) is 0.473. The predicted molar refractivity (Wildman–Crippen MR) is 115 cm³/mol. The molecule has 0 atom stereocenters. The zero-order valence-electron chi connectivity index (χ0n) is 17.2. The van der Waals surface area contributed by atoms with Crippen molar-refractivity contribution in [3.8, 4) is 23.4 Å². The van der Waals surface area contributed by atoms with Gasteiger partial charge < -0.3 is 10.5 Å². The van der Waals surface area contributed by atoms with E-state index in [1.54, 1.807) is 36.8 Å². The maximum Gasteiger partial charge on any atom is 0.435 e. The Hall–Kier alpha value is -4.32. The Labute approximate surface area is 178 Å². The number of nitrogens with two attached hydrogens (primary N) is 1. The van der Waals surface area contributed by atoms with Gasteiger partial charge in [0.15, 0.2) is 5.82 Å². The van der Waals surface area contributed by atoms with Crippen LogP contribution in [-0.4, -0.2) is 41.4 Å². The maximum absolute atomic E-state index is 12.3. The lowest BCUT2D eigenvalue weighted by molar-refractivity contribution is 0.0522. The van der Waals surface area contributed by atoms with Crippen LogP contribution in [0.25, 0.3) is 22.4 Å². The van der Waals surface area contributed by atoms with Crippen molar-refractivity contribution in [3.05, 3.63) is 60.2 Å². The molecular weight excluding hydrogens is 394 g/mol. The van der Waals surface area contributed by atoms with Gasteiger partial charge >= 0.3 is 6.09 Å². The zero-order valence-corrected chi connectivity index (χ0v) is 17.2. The molecule has 0 aliphatic heterocycles. The van der Waals surface area contributed by atoms with Crippen LogP contribution in [0.3, 0.4) is 0 Å². The Bertz CT molecular complexity index is 1340. The maximum atomic E-state index is 12.3. The third-order valence-electron chi connectivity index (χ3n) is 4.03. The van der Waals surface area contributed by atoms with Crippen LogP contribution in [0.15, 0.2) is 48.9 Å². The van der Waals surface area contributed by atoms with E-state index in [0.29, 0.717) is 22.7 Å². The minimum Gasteiger partial charge on any atom is -0.442 e. The molecule has 0 fully saturated rings. The van der Waals surface area contributed by atoms with Gasteiger partial charge in [-0.15, -0.1) is 0 Å². The Morgan fingerprint density at radius 1 is 1.06 bits per heavy atom. The number of hydrogen-bond donors (Lipinski definition) is 1. The van der Waals surface area contributed by atoms with Gasteiger partial charge in [0.25, 0.3) is 0 Å². The van der Waals surface area contributed by atoms with Gasteiger partial charge in [0.05, 0.1) is 11.7 Å². The van der Waals surface area contributed by atoms with Gasteiger partial charge in [-0.05, 0) is 57.0 Å². The van der Waals surface area contributed by atoms with Crippen LogP contribution in [0.2, 0.25) is 0 Å². The number of aromatic nitrogens is 6. The summed E-state index contributed by atoms with van der Waals surface area (Å²) in [5, 5.41) is 4.92. The van der Waals surface area contributed by atoms with Crippen LogP contribution in [-0.2, 0) is 4.74 Å². The Kier molecular flexibility index (Phi) is 5.05. The van der Waals surface area contributed by atoms with Gasteiger partial charge in [-0.3, -0.25) is 0 Å². The SMILES string of the molecule is CC(C)(C)OC(=O)n1ncc2cc(C#Cc3ccnc(-c4ccnc(N)n4)n3)ccc21. The number of rotatable bonds is 1. The summed E-state index contributed by atoms with van der Waals surface area (Å²) in [6.07, 6.45) is 4.23. The summed E-state index contributed by atoms with van der Waals surface area (Å²) < 4.78 is 6.62. The van der Waals surface area contributed by atoms with Crippen LogP contribution in [0.5, 0.6) is 0 Å². The smallest absolute Gasteiger partial charge is 0.435 e. The van der Waals surface area contributed by atoms with Crippen LogP contribution in [0.1, 0.15) is 32.0 Å². The minimum atomic E-state index is -0.603. The molecule has 0 aliphatic rings. The Morgan fingerprint density at radius 3 is 2.65 bits per heavy atom. The van der Waals surface area contributed by atoms with Gasteiger partial charge in [-0.2, -0.15) is 9.78 Å². The van der Waals surface area contributed by atoms with E-state index in [0.717, 1.165) is 10.9 Å². The predicted octanol–water partition coefficient (Wildman–Crippen LogP) is 3.05. The van der Waals surface area contributed by atoms with Crippen molar-refractivity contribution in [2.45, 2.75) is 26.4 Å². The molecule has 1 aromatic carbocycles. The highest BCUT2D eigenvalue weighted by Crippen LogP contribution is 2.18. The average molecular weight is 413 g/mol. The van der Waals surface area contributed by atoms with Crippen molar-refractivity contribution in [1.29, 1.82) is 0 Å². The number of anilines is 1. The summed E-state index contributed by atoms with van der Waals surface area (Å²) in [6, 6.07) is 8.83. The molecule has 0 saturated heterocycles. The second-order valence-corrected chi connectivity index (χ2v) is 7.63. The molecule has 0 radical (unpaired) electrons. The second-order valence-electron chi connectivity index (χ2n) is 7.63. The van der Waals surface area contributed by atoms with Crippen molar-refractivity contribution in [2.75, 3.05) is 5.73 Å². The Morgan fingerprint density at radius 2 is 1.87 bits per heavy atom. The van der Waals surface area contributed by atoms with Gasteiger partial charge in [0.1, 0.15) is 17.0 Å². The van der Waals surface area contributed by atoms with Crippen molar-refractivity contribution >= 4 is 22.9 Å². The number of carbonyl (C=O) groups is 1. The summed E-state index contributed by atoms with van der Waals surface area (Å²) in [5.74, 6) is 6.65. The van der Waals surface area contributed by atoms with E-state index in [1.807, 2.05) is 32.9 Å². The van der Waals surface area contributed by atoms with Gasteiger partial charge in [0.2, 0.25) is 5.95 Å². The monoisotopic (exact) mass is 413 g/mol.